The molecule has 4 nitrogen and oxygen atoms in total. The maximum Gasteiger partial charge on any atom is 0.162 e. The summed E-state index contributed by atoms with van der Waals surface area (Å²) < 4.78 is 5.18. The molecule has 5 heteroatoms. The van der Waals surface area contributed by atoms with Crippen LogP contribution in [-0.2, 0) is 6.54 Å². The molecule has 118 valence electrons. The van der Waals surface area contributed by atoms with Gasteiger partial charge in [0.25, 0.3) is 0 Å². The Hall–Kier alpha value is -0.970. The zero-order chi connectivity index (χ0) is 15.2. The highest BCUT2D eigenvalue weighted by atomic mass is 35.5. The van der Waals surface area contributed by atoms with Crippen molar-refractivity contribution in [1.29, 1.82) is 0 Å². The molecule has 0 radical (unpaired) electrons. The van der Waals surface area contributed by atoms with Gasteiger partial charge in [-0.2, -0.15) is 0 Å². The Bertz CT molecular complexity index is 462. The van der Waals surface area contributed by atoms with Gasteiger partial charge in [-0.1, -0.05) is 18.5 Å². The van der Waals surface area contributed by atoms with Crippen molar-refractivity contribution in [2.45, 2.75) is 38.8 Å². The van der Waals surface area contributed by atoms with Crippen LogP contribution in [0.1, 0.15) is 31.7 Å². The second kappa shape index (κ2) is 7.87. The molecule has 1 aliphatic rings. The van der Waals surface area contributed by atoms with Crippen LogP contribution in [0.3, 0.4) is 0 Å². The average Bonchev–Trinajstić information content (AvgIpc) is 2.95. The van der Waals surface area contributed by atoms with E-state index in [0.717, 1.165) is 31.6 Å². The lowest BCUT2D eigenvalue weighted by molar-refractivity contribution is 0.237. The number of hydrogen-bond donors (Lipinski definition) is 2. The number of ether oxygens (including phenoxy) is 1. The SMILES string of the molecule is CCCN(Cc1cc(Cl)cc(OC)c1O)CC1CCCN1. The lowest BCUT2D eigenvalue weighted by atomic mass is 10.1. The summed E-state index contributed by atoms with van der Waals surface area (Å²) in [6.45, 7) is 5.98. The number of hydrogen-bond acceptors (Lipinski definition) is 4. The third-order valence-corrected chi connectivity index (χ3v) is 4.13. The molecule has 0 spiro atoms. The van der Waals surface area contributed by atoms with Gasteiger partial charge in [-0.15, -0.1) is 0 Å². The van der Waals surface area contributed by atoms with E-state index in [1.54, 1.807) is 13.2 Å². The highest BCUT2D eigenvalue weighted by Crippen LogP contribution is 2.34. The smallest absolute Gasteiger partial charge is 0.162 e. The second-order valence-corrected chi connectivity index (χ2v) is 6.08. The van der Waals surface area contributed by atoms with Crippen LogP contribution in [0.4, 0.5) is 0 Å². The molecule has 1 aliphatic heterocycles. The number of nitrogens with one attached hydrogen (secondary N) is 1. The van der Waals surface area contributed by atoms with Crippen molar-refractivity contribution >= 4 is 11.6 Å². The third-order valence-electron chi connectivity index (χ3n) is 3.91. The molecule has 0 bridgehead atoms. The van der Waals surface area contributed by atoms with Gasteiger partial charge in [0.15, 0.2) is 11.5 Å². The molecule has 2 rings (SSSR count). The Morgan fingerprint density at radius 3 is 2.90 bits per heavy atom. The van der Waals surface area contributed by atoms with Crippen LogP contribution in [0.5, 0.6) is 11.5 Å². The van der Waals surface area contributed by atoms with Gasteiger partial charge in [0.2, 0.25) is 0 Å². The fraction of sp³-hybridized carbons (Fsp3) is 0.625. The van der Waals surface area contributed by atoms with Gasteiger partial charge in [0, 0.05) is 35.8 Å². The van der Waals surface area contributed by atoms with Crippen molar-refractivity contribution in [3.8, 4) is 11.5 Å². The lowest BCUT2D eigenvalue weighted by Gasteiger charge is -2.26. The number of rotatable bonds is 7. The minimum Gasteiger partial charge on any atom is -0.504 e. The number of benzene rings is 1. The van der Waals surface area contributed by atoms with Gasteiger partial charge in [0.1, 0.15) is 0 Å². The first kappa shape index (κ1) is 16.4. The first-order valence-corrected chi connectivity index (χ1v) is 8.03. The third kappa shape index (κ3) is 4.50. The molecule has 0 aromatic heterocycles. The molecule has 1 atom stereocenters. The van der Waals surface area contributed by atoms with Crippen LogP contribution < -0.4 is 10.1 Å². The lowest BCUT2D eigenvalue weighted by Crippen LogP contribution is -2.37. The summed E-state index contributed by atoms with van der Waals surface area (Å²) in [5, 5.41) is 14.4. The molecule has 0 saturated carbocycles. The summed E-state index contributed by atoms with van der Waals surface area (Å²) in [6, 6.07) is 4.02. The Balaban J connectivity index is 2.10. The standard InChI is InChI=1S/C16H25ClN2O2/c1-3-7-19(11-14-5-4-6-18-14)10-12-8-13(17)9-15(21-2)16(12)20/h8-9,14,18,20H,3-7,10-11H2,1-2H3. The first-order valence-electron chi connectivity index (χ1n) is 7.65. The van der Waals surface area contributed by atoms with Crippen molar-refractivity contribution in [3.05, 3.63) is 22.7 Å². The molecule has 21 heavy (non-hydrogen) atoms. The maximum atomic E-state index is 10.3. The zero-order valence-electron chi connectivity index (χ0n) is 12.9. The normalized spacial score (nSPS) is 18.4. The number of aromatic hydroxyl groups is 1. The van der Waals surface area contributed by atoms with E-state index in [2.05, 4.69) is 17.1 Å². The summed E-state index contributed by atoms with van der Waals surface area (Å²) in [7, 11) is 1.54. The molecule has 1 aromatic rings. The van der Waals surface area contributed by atoms with Gasteiger partial charge in [0.05, 0.1) is 7.11 Å². The summed E-state index contributed by atoms with van der Waals surface area (Å²) in [5.74, 6) is 0.635. The summed E-state index contributed by atoms with van der Waals surface area (Å²) >= 11 is 6.11. The molecule has 1 saturated heterocycles. The van der Waals surface area contributed by atoms with Crippen LogP contribution in [0.25, 0.3) is 0 Å². The molecule has 1 heterocycles. The van der Waals surface area contributed by atoms with E-state index >= 15 is 0 Å². The minimum atomic E-state index is 0.197. The van der Waals surface area contributed by atoms with Crippen molar-refractivity contribution in [2.24, 2.45) is 0 Å². The molecule has 0 amide bonds. The molecule has 2 N–H and O–H groups in total. The Labute approximate surface area is 132 Å². The Morgan fingerprint density at radius 2 is 2.29 bits per heavy atom. The summed E-state index contributed by atoms with van der Waals surface area (Å²) in [4.78, 5) is 2.37. The monoisotopic (exact) mass is 312 g/mol. The van der Waals surface area contributed by atoms with E-state index in [4.69, 9.17) is 16.3 Å². The van der Waals surface area contributed by atoms with Gasteiger partial charge in [-0.05, 0) is 38.4 Å². The molecule has 1 aromatic carbocycles. The molecule has 1 unspecified atom stereocenters. The Kier molecular flexibility index (Phi) is 6.15. The highest BCUT2D eigenvalue weighted by Gasteiger charge is 2.19. The minimum absolute atomic E-state index is 0.197. The van der Waals surface area contributed by atoms with Gasteiger partial charge >= 0.3 is 0 Å². The summed E-state index contributed by atoms with van der Waals surface area (Å²) in [5.41, 5.74) is 0.825. The number of nitrogens with zero attached hydrogens (tertiary/aromatic N) is 1. The van der Waals surface area contributed by atoms with Gasteiger partial charge in [-0.3, -0.25) is 4.90 Å². The van der Waals surface area contributed by atoms with Crippen molar-refractivity contribution < 1.29 is 9.84 Å². The molecular weight excluding hydrogens is 288 g/mol. The highest BCUT2D eigenvalue weighted by molar-refractivity contribution is 6.30. The van der Waals surface area contributed by atoms with Gasteiger partial charge < -0.3 is 15.2 Å². The first-order chi connectivity index (χ1) is 10.1. The van der Waals surface area contributed by atoms with E-state index in [0.29, 0.717) is 23.4 Å². The molecule has 0 aliphatic carbocycles. The van der Waals surface area contributed by atoms with E-state index in [1.807, 2.05) is 6.07 Å². The van der Waals surface area contributed by atoms with Crippen molar-refractivity contribution in [3.63, 3.8) is 0 Å². The Morgan fingerprint density at radius 1 is 1.48 bits per heavy atom. The van der Waals surface area contributed by atoms with Crippen molar-refractivity contribution in [1.82, 2.24) is 10.2 Å². The number of methoxy groups -OCH3 is 1. The van der Waals surface area contributed by atoms with E-state index in [1.165, 1.54) is 12.8 Å². The summed E-state index contributed by atoms with van der Waals surface area (Å²) in [6.07, 6.45) is 3.57. The van der Waals surface area contributed by atoms with E-state index in [9.17, 15) is 5.11 Å². The fourth-order valence-electron chi connectivity index (χ4n) is 2.92. The number of phenolic OH excluding ortho intramolecular Hbond substituents is 1. The number of halogens is 1. The van der Waals surface area contributed by atoms with E-state index in [-0.39, 0.29) is 5.75 Å². The van der Waals surface area contributed by atoms with Crippen LogP contribution in [0.2, 0.25) is 5.02 Å². The predicted octanol–water partition coefficient (Wildman–Crippen LogP) is 3.02. The maximum absolute atomic E-state index is 10.3. The van der Waals surface area contributed by atoms with Crippen molar-refractivity contribution in [2.75, 3.05) is 26.7 Å². The van der Waals surface area contributed by atoms with Crippen LogP contribution >= 0.6 is 11.6 Å². The zero-order valence-corrected chi connectivity index (χ0v) is 13.6. The topological polar surface area (TPSA) is 44.7 Å². The predicted molar refractivity (Wildman–Crippen MR) is 86.3 cm³/mol. The van der Waals surface area contributed by atoms with Crippen LogP contribution in [0, 0.1) is 0 Å². The second-order valence-electron chi connectivity index (χ2n) is 5.64. The molecular formula is C16H25ClN2O2. The van der Waals surface area contributed by atoms with Crippen LogP contribution in [-0.4, -0.2) is 42.8 Å². The molecule has 1 fully saturated rings. The van der Waals surface area contributed by atoms with Crippen LogP contribution in [0.15, 0.2) is 12.1 Å². The largest absolute Gasteiger partial charge is 0.504 e. The number of phenols is 1. The quantitative estimate of drug-likeness (QED) is 0.812. The van der Waals surface area contributed by atoms with Gasteiger partial charge in [-0.25, -0.2) is 0 Å². The average molecular weight is 313 g/mol. The van der Waals surface area contributed by atoms with E-state index < -0.39 is 0 Å². The fourth-order valence-corrected chi connectivity index (χ4v) is 3.15.